The maximum Gasteiger partial charge on any atom is -0.0378 e. The van der Waals surface area contributed by atoms with Gasteiger partial charge in [0.05, 0.1) is 0 Å². The van der Waals surface area contributed by atoms with Crippen molar-refractivity contribution in [2.24, 2.45) is 22.7 Å². The molecule has 0 fully saturated rings. The summed E-state index contributed by atoms with van der Waals surface area (Å²) in [5.41, 5.74) is 0.969. The average Bonchev–Trinajstić information content (AvgIpc) is 2.11. The van der Waals surface area contributed by atoms with Crippen LogP contribution in [0, 0.1) is 22.7 Å². The second kappa shape index (κ2) is 13.6. The lowest BCUT2D eigenvalue weighted by molar-refractivity contribution is 0.233. The molecule has 0 rings (SSSR count). The lowest BCUT2D eigenvalue weighted by Crippen LogP contribution is -2.16. The van der Waals surface area contributed by atoms with Gasteiger partial charge in [0.1, 0.15) is 0 Å². The van der Waals surface area contributed by atoms with Crippen LogP contribution in [0.3, 0.4) is 0 Å². The highest BCUT2D eigenvalue weighted by atomic mass is 14.3. The van der Waals surface area contributed by atoms with Gasteiger partial charge in [-0.05, 0) is 35.5 Å². The predicted molar refractivity (Wildman–Crippen MR) is 103 cm³/mol. The van der Waals surface area contributed by atoms with E-state index in [4.69, 9.17) is 0 Å². The zero-order chi connectivity index (χ0) is 17.7. The van der Waals surface area contributed by atoms with Crippen LogP contribution in [0.25, 0.3) is 0 Å². The van der Waals surface area contributed by atoms with E-state index >= 15 is 0 Å². The van der Waals surface area contributed by atoms with E-state index < -0.39 is 0 Å². The van der Waals surface area contributed by atoms with Gasteiger partial charge in [-0.15, -0.1) is 0 Å². The third-order valence-corrected chi connectivity index (χ3v) is 2.71. The molecule has 0 atom stereocenters. The minimum absolute atomic E-state index is 0.484. The topological polar surface area (TPSA) is 0 Å². The van der Waals surface area contributed by atoms with Crippen LogP contribution in [0.15, 0.2) is 0 Å². The molecule has 0 saturated heterocycles. The fourth-order valence-corrected chi connectivity index (χ4v) is 2.89. The Kier molecular flexibility index (Phi) is 16.8. The Morgan fingerprint density at radius 3 is 0.905 bits per heavy atom. The molecule has 0 heterocycles. The Balaban J connectivity index is -0.000000242. The molecule has 0 aliphatic heterocycles. The van der Waals surface area contributed by atoms with E-state index in [0.29, 0.717) is 10.8 Å². The SMILES string of the molecule is CC(C)(C)CC(C)(C)C.CC(C)CC(C)C.CCCCC. The molecule has 0 aromatic rings. The first-order chi connectivity index (χ1) is 9.25. The molecule has 0 nitrogen and oxygen atoms in total. The van der Waals surface area contributed by atoms with Gasteiger partial charge < -0.3 is 0 Å². The molecule has 0 aliphatic carbocycles. The van der Waals surface area contributed by atoms with E-state index in [1.807, 2.05) is 0 Å². The quantitative estimate of drug-likeness (QED) is 0.489. The molecule has 0 bridgehead atoms. The van der Waals surface area contributed by atoms with Crippen molar-refractivity contribution in [3.63, 3.8) is 0 Å². The van der Waals surface area contributed by atoms with Crippen LogP contribution >= 0.6 is 0 Å². The summed E-state index contributed by atoms with van der Waals surface area (Å²) in [6, 6.07) is 0. The van der Waals surface area contributed by atoms with Crippen molar-refractivity contribution in [2.75, 3.05) is 0 Å². The van der Waals surface area contributed by atoms with Crippen LogP contribution in [0.2, 0.25) is 0 Å². The summed E-state index contributed by atoms with van der Waals surface area (Å²) in [5.74, 6) is 1.75. The van der Waals surface area contributed by atoms with Gasteiger partial charge >= 0.3 is 0 Å². The largest absolute Gasteiger partial charge is 0.0654 e. The second-order valence-electron chi connectivity index (χ2n) is 9.68. The van der Waals surface area contributed by atoms with Gasteiger partial charge in [-0.2, -0.15) is 0 Å². The lowest BCUT2D eigenvalue weighted by atomic mass is 9.78. The van der Waals surface area contributed by atoms with Gasteiger partial charge in [-0.25, -0.2) is 0 Å². The van der Waals surface area contributed by atoms with Crippen molar-refractivity contribution >= 4 is 0 Å². The van der Waals surface area contributed by atoms with Crippen LogP contribution < -0.4 is 0 Å². The molecule has 21 heavy (non-hydrogen) atoms. The highest BCUT2D eigenvalue weighted by molar-refractivity contribution is 4.71. The van der Waals surface area contributed by atoms with Gasteiger partial charge in [-0.1, -0.05) is 102 Å². The normalized spacial score (nSPS) is 11.7. The summed E-state index contributed by atoms with van der Waals surface area (Å²) < 4.78 is 0. The first kappa shape index (κ1) is 25.9. The Bertz CT molecular complexity index is 165. The van der Waals surface area contributed by atoms with Gasteiger partial charge in [-0.3, -0.25) is 0 Å². The Morgan fingerprint density at radius 1 is 0.619 bits per heavy atom. The molecule has 0 radical (unpaired) electrons. The standard InChI is InChI=1S/C9H20.C7H16.C5H12/c1-8(2,3)7-9(4,5)6;1-6(2)5-7(3)4;1-3-5-4-2/h7H2,1-6H3;6-7H,5H2,1-4H3;3-5H2,1-2H3. The van der Waals surface area contributed by atoms with E-state index in [2.05, 4.69) is 83.1 Å². The highest BCUT2D eigenvalue weighted by Crippen LogP contribution is 2.31. The summed E-state index contributed by atoms with van der Waals surface area (Å²) in [7, 11) is 0. The average molecular weight is 301 g/mol. The summed E-state index contributed by atoms with van der Waals surface area (Å²) in [4.78, 5) is 0. The van der Waals surface area contributed by atoms with Crippen molar-refractivity contribution in [3.8, 4) is 0 Å². The van der Waals surface area contributed by atoms with Crippen LogP contribution in [-0.2, 0) is 0 Å². The molecule has 0 saturated carbocycles. The van der Waals surface area contributed by atoms with Crippen molar-refractivity contribution in [2.45, 2.75) is 115 Å². The van der Waals surface area contributed by atoms with Crippen LogP contribution in [0.4, 0.5) is 0 Å². The highest BCUT2D eigenvalue weighted by Gasteiger charge is 2.20. The van der Waals surface area contributed by atoms with E-state index in [0.717, 1.165) is 11.8 Å². The maximum atomic E-state index is 2.29. The molecule has 132 valence electrons. The molecule has 0 aromatic carbocycles. The van der Waals surface area contributed by atoms with Crippen molar-refractivity contribution in [3.05, 3.63) is 0 Å². The second-order valence-corrected chi connectivity index (χ2v) is 9.68. The molecule has 0 N–H and O–H groups in total. The molecule has 0 heteroatoms. The minimum atomic E-state index is 0.484. The van der Waals surface area contributed by atoms with Crippen molar-refractivity contribution < 1.29 is 0 Å². The Hall–Kier alpha value is 0. The molecular formula is C21H48. The number of hydrogen-bond acceptors (Lipinski definition) is 0. The van der Waals surface area contributed by atoms with Crippen LogP contribution in [-0.4, -0.2) is 0 Å². The van der Waals surface area contributed by atoms with Gasteiger partial charge in [0.25, 0.3) is 0 Å². The fourth-order valence-electron chi connectivity index (χ4n) is 2.89. The minimum Gasteiger partial charge on any atom is -0.0654 e. The van der Waals surface area contributed by atoms with Gasteiger partial charge in [0.15, 0.2) is 0 Å². The number of hydrogen-bond donors (Lipinski definition) is 0. The van der Waals surface area contributed by atoms with Gasteiger partial charge in [0.2, 0.25) is 0 Å². The maximum absolute atomic E-state index is 2.29. The summed E-state index contributed by atoms with van der Waals surface area (Å²) in [6.07, 6.45) is 6.73. The third kappa shape index (κ3) is 45.0. The molecule has 0 aromatic heterocycles. The lowest BCUT2D eigenvalue weighted by Gasteiger charge is -2.28. The molecular weight excluding hydrogens is 252 g/mol. The van der Waals surface area contributed by atoms with Crippen LogP contribution in [0.1, 0.15) is 115 Å². The van der Waals surface area contributed by atoms with Crippen LogP contribution in [0.5, 0.6) is 0 Å². The molecule has 0 amide bonds. The molecule has 0 unspecified atom stereocenters. The Morgan fingerprint density at radius 2 is 0.905 bits per heavy atom. The summed E-state index contributed by atoms with van der Waals surface area (Å²) >= 11 is 0. The molecule has 0 spiro atoms. The van der Waals surface area contributed by atoms with E-state index in [1.54, 1.807) is 0 Å². The summed E-state index contributed by atoms with van der Waals surface area (Å²) in [6.45, 7) is 27.2. The number of unbranched alkanes of at least 4 members (excludes halogenated alkanes) is 2. The zero-order valence-electron chi connectivity index (χ0n) is 17.7. The Labute approximate surface area is 138 Å². The van der Waals surface area contributed by atoms with Gasteiger partial charge in [0, 0.05) is 0 Å². The van der Waals surface area contributed by atoms with E-state index in [-0.39, 0.29) is 0 Å². The predicted octanol–water partition coefficient (Wildman–Crippen LogP) is 8.35. The zero-order valence-corrected chi connectivity index (χ0v) is 17.7. The summed E-state index contributed by atoms with van der Waals surface area (Å²) in [5, 5.41) is 0. The monoisotopic (exact) mass is 300 g/mol. The molecule has 0 aliphatic rings. The van der Waals surface area contributed by atoms with Crippen molar-refractivity contribution in [1.82, 2.24) is 0 Å². The van der Waals surface area contributed by atoms with E-state index in [9.17, 15) is 0 Å². The third-order valence-electron chi connectivity index (χ3n) is 2.71. The first-order valence-corrected chi connectivity index (χ1v) is 9.25. The van der Waals surface area contributed by atoms with Crippen molar-refractivity contribution in [1.29, 1.82) is 0 Å². The van der Waals surface area contributed by atoms with E-state index in [1.165, 1.54) is 32.1 Å². The smallest absolute Gasteiger partial charge is 0.0378 e. The fraction of sp³-hybridized carbons (Fsp3) is 1.00. The first-order valence-electron chi connectivity index (χ1n) is 9.25. The number of rotatable bonds is 4.